The SMILES string of the molecule is CC(C)(C#N)N1CCN(Cc2ccc(F)c(Cl)c2)CC1. The third-order valence-electron chi connectivity index (χ3n) is 3.83. The van der Waals surface area contributed by atoms with Crippen molar-refractivity contribution in [2.75, 3.05) is 26.2 Å². The third-order valence-corrected chi connectivity index (χ3v) is 4.12. The zero-order valence-electron chi connectivity index (χ0n) is 11.9. The van der Waals surface area contributed by atoms with Gasteiger partial charge in [-0.05, 0) is 31.5 Å². The van der Waals surface area contributed by atoms with E-state index in [-0.39, 0.29) is 10.8 Å². The normalized spacial score (nSPS) is 17.9. The van der Waals surface area contributed by atoms with E-state index in [1.54, 1.807) is 12.1 Å². The van der Waals surface area contributed by atoms with E-state index in [2.05, 4.69) is 15.9 Å². The molecular weight excluding hydrogens is 277 g/mol. The Kier molecular flexibility index (Phi) is 4.64. The van der Waals surface area contributed by atoms with Gasteiger partial charge in [-0.2, -0.15) is 5.26 Å². The number of hydrogen-bond donors (Lipinski definition) is 0. The van der Waals surface area contributed by atoms with E-state index in [0.29, 0.717) is 0 Å². The Balaban J connectivity index is 1.92. The predicted molar refractivity (Wildman–Crippen MR) is 78.0 cm³/mol. The Morgan fingerprint density at radius 3 is 2.50 bits per heavy atom. The molecule has 0 spiro atoms. The fourth-order valence-electron chi connectivity index (χ4n) is 2.43. The van der Waals surface area contributed by atoms with Crippen LogP contribution in [0.4, 0.5) is 4.39 Å². The summed E-state index contributed by atoms with van der Waals surface area (Å²) in [6, 6.07) is 7.20. The van der Waals surface area contributed by atoms with Crippen LogP contribution in [-0.2, 0) is 6.54 Å². The van der Waals surface area contributed by atoms with Crippen LogP contribution in [-0.4, -0.2) is 41.5 Å². The summed E-state index contributed by atoms with van der Waals surface area (Å²) in [6.45, 7) is 8.21. The van der Waals surface area contributed by atoms with Gasteiger partial charge in [0.1, 0.15) is 11.4 Å². The molecule has 108 valence electrons. The van der Waals surface area contributed by atoms with E-state index >= 15 is 0 Å². The van der Waals surface area contributed by atoms with Gasteiger partial charge in [-0.1, -0.05) is 17.7 Å². The van der Waals surface area contributed by atoms with E-state index in [1.807, 2.05) is 13.8 Å². The first-order valence-electron chi connectivity index (χ1n) is 6.75. The highest BCUT2D eigenvalue weighted by Gasteiger charge is 2.29. The average Bonchev–Trinajstić information content (AvgIpc) is 2.43. The van der Waals surface area contributed by atoms with Gasteiger partial charge in [-0.15, -0.1) is 0 Å². The minimum absolute atomic E-state index is 0.173. The summed E-state index contributed by atoms with van der Waals surface area (Å²) >= 11 is 5.80. The minimum atomic E-state index is -0.411. The summed E-state index contributed by atoms with van der Waals surface area (Å²) in [6.07, 6.45) is 0. The summed E-state index contributed by atoms with van der Waals surface area (Å²) in [7, 11) is 0. The second-order valence-electron chi connectivity index (χ2n) is 5.68. The van der Waals surface area contributed by atoms with E-state index in [4.69, 9.17) is 16.9 Å². The Morgan fingerprint density at radius 1 is 1.30 bits per heavy atom. The number of piperazine rings is 1. The second kappa shape index (κ2) is 6.09. The maximum Gasteiger partial charge on any atom is 0.141 e. The van der Waals surface area contributed by atoms with Crippen molar-refractivity contribution in [3.8, 4) is 6.07 Å². The summed E-state index contributed by atoms with van der Waals surface area (Å²) in [5, 5.41) is 9.32. The van der Waals surface area contributed by atoms with Crippen molar-refractivity contribution < 1.29 is 4.39 Å². The Bertz CT molecular complexity index is 516. The lowest BCUT2D eigenvalue weighted by Crippen LogP contribution is -2.53. The van der Waals surface area contributed by atoms with Gasteiger partial charge >= 0.3 is 0 Å². The molecule has 1 fully saturated rings. The van der Waals surface area contributed by atoms with E-state index in [9.17, 15) is 4.39 Å². The quantitative estimate of drug-likeness (QED) is 0.859. The first-order valence-corrected chi connectivity index (χ1v) is 7.13. The van der Waals surface area contributed by atoms with E-state index < -0.39 is 5.54 Å². The van der Waals surface area contributed by atoms with Crippen molar-refractivity contribution in [2.24, 2.45) is 0 Å². The molecule has 2 rings (SSSR count). The first kappa shape index (κ1) is 15.2. The molecule has 0 amide bonds. The lowest BCUT2D eigenvalue weighted by atomic mass is 10.0. The molecule has 0 aliphatic carbocycles. The van der Waals surface area contributed by atoms with Gasteiger partial charge in [0.2, 0.25) is 0 Å². The smallest absolute Gasteiger partial charge is 0.141 e. The number of nitrogens with zero attached hydrogens (tertiary/aromatic N) is 3. The largest absolute Gasteiger partial charge is 0.297 e. The highest BCUT2D eigenvalue weighted by Crippen LogP contribution is 2.20. The molecule has 0 radical (unpaired) electrons. The molecule has 1 aromatic carbocycles. The highest BCUT2D eigenvalue weighted by molar-refractivity contribution is 6.30. The van der Waals surface area contributed by atoms with Crippen LogP contribution in [0.5, 0.6) is 0 Å². The van der Waals surface area contributed by atoms with Gasteiger partial charge < -0.3 is 0 Å². The van der Waals surface area contributed by atoms with E-state index in [1.165, 1.54) is 6.07 Å². The summed E-state index contributed by atoms with van der Waals surface area (Å²) < 4.78 is 13.1. The van der Waals surface area contributed by atoms with Crippen molar-refractivity contribution in [3.63, 3.8) is 0 Å². The first-order chi connectivity index (χ1) is 9.42. The number of benzene rings is 1. The van der Waals surface area contributed by atoms with Crippen LogP contribution < -0.4 is 0 Å². The fourth-order valence-corrected chi connectivity index (χ4v) is 2.64. The lowest BCUT2D eigenvalue weighted by molar-refractivity contribution is 0.0764. The summed E-state index contributed by atoms with van der Waals surface area (Å²) in [5.41, 5.74) is 0.607. The number of halogens is 2. The maximum atomic E-state index is 13.1. The molecule has 0 saturated carbocycles. The molecule has 0 unspecified atom stereocenters. The monoisotopic (exact) mass is 295 g/mol. The van der Waals surface area contributed by atoms with Gasteiger partial charge in [-0.3, -0.25) is 9.80 Å². The minimum Gasteiger partial charge on any atom is -0.297 e. The van der Waals surface area contributed by atoms with Crippen molar-refractivity contribution >= 4 is 11.6 Å². The zero-order valence-corrected chi connectivity index (χ0v) is 12.6. The Labute approximate surface area is 124 Å². The molecule has 3 nitrogen and oxygen atoms in total. The number of hydrogen-bond acceptors (Lipinski definition) is 3. The van der Waals surface area contributed by atoms with Gasteiger partial charge in [0.05, 0.1) is 11.1 Å². The van der Waals surface area contributed by atoms with Crippen LogP contribution in [0.15, 0.2) is 18.2 Å². The molecule has 0 bridgehead atoms. The fraction of sp³-hybridized carbons (Fsp3) is 0.533. The van der Waals surface area contributed by atoms with Gasteiger partial charge in [0, 0.05) is 32.7 Å². The van der Waals surface area contributed by atoms with Crippen molar-refractivity contribution in [2.45, 2.75) is 25.9 Å². The molecule has 1 heterocycles. The highest BCUT2D eigenvalue weighted by atomic mass is 35.5. The van der Waals surface area contributed by atoms with Crippen LogP contribution in [0, 0.1) is 17.1 Å². The molecule has 1 aliphatic rings. The van der Waals surface area contributed by atoms with Gasteiger partial charge in [0.25, 0.3) is 0 Å². The van der Waals surface area contributed by atoms with Crippen LogP contribution in [0.1, 0.15) is 19.4 Å². The molecule has 0 aromatic heterocycles. The van der Waals surface area contributed by atoms with Crippen molar-refractivity contribution in [1.29, 1.82) is 5.26 Å². The third kappa shape index (κ3) is 3.49. The molecule has 0 atom stereocenters. The molecule has 1 aliphatic heterocycles. The van der Waals surface area contributed by atoms with E-state index in [0.717, 1.165) is 38.3 Å². The molecule has 1 aromatic rings. The van der Waals surface area contributed by atoms with Crippen LogP contribution in [0.3, 0.4) is 0 Å². The zero-order chi connectivity index (χ0) is 14.8. The van der Waals surface area contributed by atoms with Gasteiger partial charge in [0.15, 0.2) is 0 Å². The molecule has 0 N–H and O–H groups in total. The topological polar surface area (TPSA) is 30.3 Å². The predicted octanol–water partition coefficient (Wildman–Crippen LogP) is 2.90. The van der Waals surface area contributed by atoms with Crippen LogP contribution in [0.25, 0.3) is 0 Å². The molecule has 20 heavy (non-hydrogen) atoms. The summed E-state index contributed by atoms with van der Waals surface area (Å²) in [4.78, 5) is 4.49. The number of nitriles is 1. The van der Waals surface area contributed by atoms with Crippen LogP contribution in [0.2, 0.25) is 5.02 Å². The van der Waals surface area contributed by atoms with Crippen molar-refractivity contribution in [1.82, 2.24) is 9.80 Å². The maximum absolute atomic E-state index is 13.1. The number of rotatable bonds is 3. The summed E-state index contributed by atoms with van der Waals surface area (Å²) in [5.74, 6) is -0.379. The molecule has 5 heteroatoms. The molecule has 1 saturated heterocycles. The average molecular weight is 296 g/mol. The standard InChI is InChI=1S/C15H19ClFN3/c1-15(2,11-18)20-7-5-19(6-8-20)10-12-3-4-14(17)13(16)9-12/h3-4,9H,5-8,10H2,1-2H3. The van der Waals surface area contributed by atoms with Crippen LogP contribution >= 0.6 is 11.6 Å². The Morgan fingerprint density at radius 2 is 1.95 bits per heavy atom. The van der Waals surface area contributed by atoms with Gasteiger partial charge in [-0.25, -0.2) is 4.39 Å². The second-order valence-corrected chi connectivity index (χ2v) is 6.09. The lowest BCUT2D eigenvalue weighted by Gasteiger charge is -2.40. The van der Waals surface area contributed by atoms with Crippen molar-refractivity contribution in [3.05, 3.63) is 34.6 Å². The Hall–Kier alpha value is -1.15. The molecular formula is C15H19ClFN3.